The summed E-state index contributed by atoms with van der Waals surface area (Å²) >= 11 is 2.05. The first-order valence-electron chi connectivity index (χ1n) is 2.73. The third-order valence-electron chi connectivity index (χ3n) is 1.11. The minimum atomic E-state index is -4.02. The number of benzene rings is 1. The molecule has 66 valence electrons. The van der Waals surface area contributed by atoms with Gasteiger partial charge < -0.3 is 0 Å². The molecule has 0 spiro atoms. The molecular weight excluding hydrogens is 349 g/mol. The number of rotatable bonds is 1. The average Bonchev–Trinajstić information content (AvgIpc) is 1.86. The summed E-state index contributed by atoms with van der Waals surface area (Å²) in [6.45, 7) is 0. The maximum atomic E-state index is 10.5. The summed E-state index contributed by atoms with van der Waals surface area (Å²) < 4.78 is 30.5. The van der Waals surface area contributed by atoms with Crippen molar-refractivity contribution in [3.8, 4) is 0 Å². The second-order valence-electron chi connectivity index (χ2n) is 1.93. The van der Waals surface area contributed by atoms with Gasteiger partial charge in [0.05, 0.1) is 4.90 Å². The quantitative estimate of drug-likeness (QED) is 0.449. The molecule has 1 N–H and O–H groups in total. The van der Waals surface area contributed by atoms with Gasteiger partial charge in [0.15, 0.2) is 0 Å². The second kappa shape index (κ2) is 4.65. The molecule has 12 heavy (non-hydrogen) atoms. The van der Waals surface area contributed by atoms with Crippen molar-refractivity contribution in [2.75, 3.05) is 0 Å². The number of hydrogen-bond donors (Lipinski definition) is 1. The zero-order chi connectivity index (χ0) is 8.48. The molecular formula is C6H8GaIO3S. The molecule has 0 saturated carbocycles. The first-order chi connectivity index (χ1) is 5.00. The van der Waals surface area contributed by atoms with Crippen LogP contribution in [0.1, 0.15) is 0 Å². The van der Waals surface area contributed by atoms with Gasteiger partial charge in [-0.05, 0) is 46.9 Å². The molecule has 0 fully saturated rings. The van der Waals surface area contributed by atoms with E-state index < -0.39 is 10.1 Å². The predicted octanol–water partition coefficient (Wildman–Crippen LogP) is 0.354. The van der Waals surface area contributed by atoms with E-state index in [1.54, 1.807) is 12.1 Å². The van der Waals surface area contributed by atoms with E-state index in [0.717, 1.165) is 3.57 Å². The van der Waals surface area contributed by atoms with Gasteiger partial charge in [-0.3, -0.25) is 4.55 Å². The second-order valence-corrected chi connectivity index (χ2v) is 4.60. The Balaban J connectivity index is 0.00000121. The van der Waals surface area contributed by atoms with Crippen molar-refractivity contribution in [1.29, 1.82) is 0 Å². The van der Waals surface area contributed by atoms with Crippen LogP contribution >= 0.6 is 22.6 Å². The normalized spacial score (nSPS) is 10.5. The molecule has 0 aliphatic carbocycles. The van der Waals surface area contributed by atoms with E-state index in [1.165, 1.54) is 12.1 Å². The summed E-state index contributed by atoms with van der Waals surface area (Å²) in [5.41, 5.74) is 0. The van der Waals surface area contributed by atoms with Crippen LogP contribution < -0.4 is 0 Å². The molecule has 0 bridgehead atoms. The van der Waals surface area contributed by atoms with E-state index in [2.05, 4.69) is 0 Å². The van der Waals surface area contributed by atoms with E-state index in [9.17, 15) is 8.42 Å². The Bertz CT molecular complexity index is 346. The molecule has 1 rings (SSSR count). The maximum absolute atomic E-state index is 10.5. The van der Waals surface area contributed by atoms with Crippen LogP contribution in [0.3, 0.4) is 0 Å². The molecule has 0 amide bonds. The van der Waals surface area contributed by atoms with Crippen molar-refractivity contribution in [3.63, 3.8) is 0 Å². The van der Waals surface area contributed by atoms with E-state index in [0.29, 0.717) is 0 Å². The first-order valence-corrected chi connectivity index (χ1v) is 5.25. The van der Waals surface area contributed by atoms with Crippen LogP contribution in [0.5, 0.6) is 0 Å². The standard InChI is InChI=1S/C6H5IO3S.Ga.3H/c7-5-1-3-6(4-2-5)11(8,9)10;;;;/h1-4H,(H,8,9,10);;;;. The zero-order valence-electron chi connectivity index (χ0n) is 5.36. The summed E-state index contributed by atoms with van der Waals surface area (Å²) in [6.07, 6.45) is 0. The van der Waals surface area contributed by atoms with Crippen LogP contribution in [0, 0.1) is 3.57 Å². The summed E-state index contributed by atoms with van der Waals surface area (Å²) in [7, 11) is -4.02. The molecule has 0 aliphatic heterocycles. The number of halogens is 1. The molecule has 0 unspecified atom stereocenters. The SMILES string of the molecule is O=S(=O)(O)c1ccc(I)cc1.[GaH3]. The Morgan fingerprint density at radius 1 is 1.17 bits per heavy atom. The first kappa shape index (κ1) is 12.5. The van der Waals surface area contributed by atoms with Crippen LogP contribution in [-0.4, -0.2) is 32.8 Å². The van der Waals surface area contributed by atoms with Gasteiger partial charge in [-0.25, -0.2) is 0 Å². The molecule has 0 radical (unpaired) electrons. The van der Waals surface area contributed by atoms with E-state index in [-0.39, 0.29) is 24.7 Å². The molecule has 0 saturated heterocycles. The predicted molar refractivity (Wildman–Crippen MR) is 58.9 cm³/mol. The minimum absolute atomic E-state index is 0. The van der Waals surface area contributed by atoms with Crippen molar-refractivity contribution in [2.24, 2.45) is 0 Å². The fourth-order valence-electron chi connectivity index (χ4n) is 0.607. The summed E-state index contributed by atoms with van der Waals surface area (Å²) in [4.78, 5) is -0.0714. The van der Waals surface area contributed by atoms with E-state index in [4.69, 9.17) is 4.55 Å². The number of hydrogen-bond acceptors (Lipinski definition) is 2. The molecule has 0 aliphatic rings. The molecule has 3 nitrogen and oxygen atoms in total. The topological polar surface area (TPSA) is 54.4 Å². The summed E-state index contributed by atoms with van der Waals surface area (Å²) in [5, 5.41) is 0. The van der Waals surface area contributed by atoms with Gasteiger partial charge in [0.2, 0.25) is 0 Å². The van der Waals surface area contributed by atoms with Gasteiger partial charge in [-0.2, -0.15) is 8.42 Å². The van der Waals surface area contributed by atoms with Crippen molar-refractivity contribution in [2.45, 2.75) is 4.90 Å². The van der Waals surface area contributed by atoms with Crippen molar-refractivity contribution in [1.82, 2.24) is 0 Å². The van der Waals surface area contributed by atoms with Gasteiger partial charge >= 0.3 is 19.8 Å². The van der Waals surface area contributed by atoms with Gasteiger partial charge in [0, 0.05) is 3.57 Å². The zero-order valence-corrected chi connectivity index (χ0v) is 8.33. The van der Waals surface area contributed by atoms with Gasteiger partial charge in [0.25, 0.3) is 10.1 Å². The fourth-order valence-corrected chi connectivity index (χ4v) is 1.45. The molecule has 0 atom stereocenters. The third-order valence-corrected chi connectivity index (χ3v) is 2.70. The summed E-state index contributed by atoms with van der Waals surface area (Å²) in [6, 6.07) is 5.95. The van der Waals surface area contributed by atoms with Crippen molar-refractivity contribution >= 4 is 52.5 Å². The molecule has 1 aromatic carbocycles. The molecule has 1 aromatic rings. The Morgan fingerprint density at radius 2 is 1.58 bits per heavy atom. The van der Waals surface area contributed by atoms with Gasteiger partial charge in [-0.1, -0.05) is 0 Å². The Hall–Kier alpha value is 0.496. The summed E-state index contributed by atoms with van der Waals surface area (Å²) in [5.74, 6) is 0. The molecule has 6 heteroatoms. The fraction of sp³-hybridized carbons (Fsp3) is 0. The third kappa shape index (κ3) is 3.48. The van der Waals surface area contributed by atoms with Gasteiger partial charge in [-0.15, -0.1) is 0 Å². The van der Waals surface area contributed by atoms with Crippen LogP contribution in [0.4, 0.5) is 0 Å². The Morgan fingerprint density at radius 3 is 1.92 bits per heavy atom. The Labute approximate surface area is 97.5 Å². The van der Waals surface area contributed by atoms with Crippen LogP contribution in [0.25, 0.3) is 0 Å². The van der Waals surface area contributed by atoms with Crippen molar-refractivity contribution < 1.29 is 13.0 Å². The van der Waals surface area contributed by atoms with E-state index in [1.807, 2.05) is 22.6 Å². The Kier molecular flexibility index (Phi) is 4.85. The van der Waals surface area contributed by atoms with Crippen LogP contribution in [0.15, 0.2) is 29.2 Å². The van der Waals surface area contributed by atoms with E-state index >= 15 is 0 Å². The van der Waals surface area contributed by atoms with Gasteiger partial charge in [0.1, 0.15) is 0 Å². The molecule has 0 aromatic heterocycles. The van der Waals surface area contributed by atoms with Crippen LogP contribution in [0.2, 0.25) is 0 Å². The van der Waals surface area contributed by atoms with Crippen molar-refractivity contribution in [3.05, 3.63) is 27.8 Å². The molecule has 0 heterocycles. The van der Waals surface area contributed by atoms with Crippen LogP contribution in [-0.2, 0) is 10.1 Å². The monoisotopic (exact) mass is 356 g/mol. The average molecular weight is 357 g/mol.